The average Bonchev–Trinajstić information content (AvgIpc) is 3.44. The quantitative estimate of drug-likeness (QED) is 0.193. The van der Waals surface area contributed by atoms with Gasteiger partial charge < -0.3 is 15.4 Å². The van der Waals surface area contributed by atoms with Gasteiger partial charge in [-0.2, -0.15) is 0 Å². The molecule has 1 atom stereocenters. The van der Waals surface area contributed by atoms with Gasteiger partial charge in [-0.3, -0.25) is 9.59 Å². The van der Waals surface area contributed by atoms with Crippen molar-refractivity contribution in [3.63, 3.8) is 0 Å². The molecule has 0 bridgehead atoms. The van der Waals surface area contributed by atoms with Crippen LogP contribution in [0, 0.1) is 0 Å². The van der Waals surface area contributed by atoms with E-state index < -0.39 is 17.9 Å². The van der Waals surface area contributed by atoms with E-state index in [4.69, 9.17) is 0 Å². The van der Waals surface area contributed by atoms with Gasteiger partial charge in [0.1, 0.15) is 6.04 Å². The second-order valence-corrected chi connectivity index (χ2v) is 9.91. The lowest BCUT2D eigenvalue weighted by Crippen LogP contribution is -2.42. The minimum Gasteiger partial charge on any atom is -0.480 e. The number of benzene rings is 3. The summed E-state index contributed by atoms with van der Waals surface area (Å²) in [5.74, 6) is -1.74. The van der Waals surface area contributed by atoms with Crippen molar-refractivity contribution in [2.24, 2.45) is 0 Å². The maximum atomic E-state index is 13.7. The number of hydrogen-bond acceptors (Lipinski definition) is 5. The highest BCUT2D eigenvalue weighted by atomic mass is 32.2. The van der Waals surface area contributed by atoms with E-state index in [-0.39, 0.29) is 17.1 Å². The summed E-state index contributed by atoms with van der Waals surface area (Å²) in [5.41, 5.74) is 3.56. The third-order valence-electron chi connectivity index (χ3n) is 6.13. The minimum atomic E-state index is -1.19. The number of aromatic amines is 1. The van der Waals surface area contributed by atoms with E-state index in [1.54, 1.807) is 30.5 Å². The Morgan fingerprint density at radius 1 is 0.946 bits per heavy atom. The molecule has 0 aliphatic carbocycles. The molecule has 1 aliphatic rings. The molecule has 37 heavy (non-hydrogen) atoms. The molecule has 5 rings (SSSR count). The number of rotatable bonds is 7. The molecule has 4 aromatic rings. The van der Waals surface area contributed by atoms with Crippen molar-refractivity contribution >= 4 is 63.4 Å². The Bertz CT molecular complexity index is 1570. The SMILES string of the molecule is O=C1S/C(=C(/C(=O)NC(Cc2c[nH]c3ccccc23)C(=O)O)c2ccccc2)C(S)=C1c1ccccc1. The van der Waals surface area contributed by atoms with Crippen molar-refractivity contribution in [3.8, 4) is 0 Å². The number of fused-ring (bicyclic) bond motifs is 1. The monoisotopic (exact) mass is 526 g/mol. The second-order valence-electron chi connectivity index (χ2n) is 8.48. The van der Waals surface area contributed by atoms with Gasteiger partial charge in [0.2, 0.25) is 5.12 Å². The third kappa shape index (κ3) is 4.98. The summed E-state index contributed by atoms with van der Waals surface area (Å²) in [6.07, 6.45) is 1.85. The van der Waals surface area contributed by atoms with E-state index in [0.29, 0.717) is 26.5 Å². The zero-order valence-corrected chi connectivity index (χ0v) is 21.2. The van der Waals surface area contributed by atoms with Crippen molar-refractivity contribution in [2.75, 3.05) is 0 Å². The molecule has 1 unspecified atom stereocenters. The van der Waals surface area contributed by atoms with Crippen LogP contribution in [0.25, 0.3) is 22.0 Å². The standard InChI is InChI=1S/C29H22N2O4S2/c32-27(31-22(28(33)34)15-19-16-30-21-14-8-7-13-20(19)21)24(18-11-5-2-6-12-18)26-25(36)23(29(35)37-26)17-9-3-1-4-10-17/h1-14,16,22,30,36H,15H2,(H,31,32)(H,33,34)/b26-24+. The number of carboxylic acids is 1. The molecular formula is C29H22N2O4S2. The molecule has 1 amide bonds. The molecule has 8 heteroatoms. The fourth-order valence-electron chi connectivity index (χ4n) is 4.35. The molecule has 0 radical (unpaired) electrons. The van der Waals surface area contributed by atoms with Gasteiger partial charge in [-0.05, 0) is 34.5 Å². The lowest BCUT2D eigenvalue weighted by atomic mass is 10.0. The highest BCUT2D eigenvalue weighted by molar-refractivity contribution is 8.20. The van der Waals surface area contributed by atoms with Crippen LogP contribution in [0.1, 0.15) is 16.7 Å². The lowest BCUT2D eigenvalue weighted by molar-refractivity contribution is -0.141. The number of para-hydroxylation sites is 1. The average molecular weight is 527 g/mol. The number of carboxylic acid groups (broad SMARTS) is 1. The minimum absolute atomic E-state index is 0.0907. The van der Waals surface area contributed by atoms with Gasteiger partial charge >= 0.3 is 5.97 Å². The number of H-pyrrole nitrogens is 1. The lowest BCUT2D eigenvalue weighted by Gasteiger charge is -2.17. The van der Waals surface area contributed by atoms with Crippen LogP contribution in [0.4, 0.5) is 0 Å². The Hall–Kier alpha value is -4.01. The Labute approximate surface area is 222 Å². The zero-order chi connectivity index (χ0) is 25.9. The number of amides is 1. The van der Waals surface area contributed by atoms with Gasteiger partial charge in [0.15, 0.2) is 0 Å². The highest BCUT2D eigenvalue weighted by Gasteiger charge is 2.34. The van der Waals surface area contributed by atoms with Crippen molar-refractivity contribution in [3.05, 3.63) is 118 Å². The molecule has 3 aromatic carbocycles. The number of aliphatic carboxylic acids is 1. The van der Waals surface area contributed by atoms with Crippen molar-refractivity contribution in [1.29, 1.82) is 0 Å². The van der Waals surface area contributed by atoms with Crippen molar-refractivity contribution in [1.82, 2.24) is 10.3 Å². The molecule has 1 aromatic heterocycles. The van der Waals surface area contributed by atoms with Crippen LogP contribution in [0.3, 0.4) is 0 Å². The van der Waals surface area contributed by atoms with Gasteiger partial charge in [0, 0.05) is 33.3 Å². The number of carbonyl (C=O) groups excluding carboxylic acids is 2. The van der Waals surface area contributed by atoms with Gasteiger partial charge in [-0.1, -0.05) is 78.9 Å². The molecule has 6 nitrogen and oxygen atoms in total. The first-order valence-electron chi connectivity index (χ1n) is 11.5. The topological polar surface area (TPSA) is 99.3 Å². The molecule has 184 valence electrons. The molecule has 0 saturated carbocycles. The molecule has 3 N–H and O–H groups in total. The largest absolute Gasteiger partial charge is 0.480 e. The summed E-state index contributed by atoms with van der Waals surface area (Å²) in [6, 6.07) is 24.4. The van der Waals surface area contributed by atoms with Crippen LogP contribution in [-0.4, -0.2) is 33.1 Å². The molecule has 0 spiro atoms. The predicted molar refractivity (Wildman–Crippen MR) is 150 cm³/mol. The van der Waals surface area contributed by atoms with E-state index in [1.165, 1.54) is 0 Å². The first-order valence-corrected chi connectivity index (χ1v) is 12.8. The highest BCUT2D eigenvalue weighted by Crippen LogP contribution is 2.47. The van der Waals surface area contributed by atoms with Crippen LogP contribution >= 0.6 is 24.4 Å². The van der Waals surface area contributed by atoms with Crippen LogP contribution in [0.15, 0.2) is 101 Å². The number of thioether (sulfide) groups is 1. The number of aromatic nitrogens is 1. The van der Waals surface area contributed by atoms with Crippen molar-refractivity contribution in [2.45, 2.75) is 12.5 Å². The first kappa shape index (κ1) is 24.7. The molecule has 0 fully saturated rings. The number of nitrogens with one attached hydrogen (secondary N) is 2. The third-order valence-corrected chi connectivity index (χ3v) is 7.73. The summed E-state index contributed by atoms with van der Waals surface area (Å²) >= 11 is 5.59. The smallest absolute Gasteiger partial charge is 0.326 e. The normalized spacial score (nSPS) is 15.6. The summed E-state index contributed by atoms with van der Waals surface area (Å²) in [5, 5.41) is 13.3. The first-order chi connectivity index (χ1) is 17.9. The molecular weight excluding hydrogens is 504 g/mol. The van der Waals surface area contributed by atoms with E-state index >= 15 is 0 Å². The van der Waals surface area contributed by atoms with Gasteiger partial charge in [-0.15, -0.1) is 12.6 Å². The molecule has 1 aliphatic heterocycles. The predicted octanol–water partition coefficient (Wildman–Crippen LogP) is 5.31. The second kappa shape index (κ2) is 10.5. The van der Waals surface area contributed by atoms with Crippen LogP contribution < -0.4 is 5.32 Å². The fourth-order valence-corrected chi connectivity index (χ4v) is 5.93. The number of carbonyl (C=O) groups is 3. The summed E-state index contributed by atoms with van der Waals surface area (Å²) in [6.45, 7) is 0. The summed E-state index contributed by atoms with van der Waals surface area (Å²) in [4.78, 5) is 42.9. The maximum absolute atomic E-state index is 13.7. The van der Waals surface area contributed by atoms with E-state index in [1.807, 2.05) is 60.7 Å². The molecule has 2 heterocycles. The Morgan fingerprint density at radius 2 is 1.59 bits per heavy atom. The Balaban J connectivity index is 1.54. The summed E-state index contributed by atoms with van der Waals surface area (Å²) < 4.78 is 0. The Morgan fingerprint density at radius 3 is 2.30 bits per heavy atom. The van der Waals surface area contributed by atoms with Gasteiger partial charge in [0.25, 0.3) is 5.91 Å². The fraction of sp³-hybridized carbons (Fsp3) is 0.0690. The van der Waals surface area contributed by atoms with E-state index in [9.17, 15) is 19.5 Å². The number of thiol groups is 1. The Kier molecular flexibility index (Phi) is 7.03. The van der Waals surface area contributed by atoms with Gasteiger partial charge in [0.05, 0.1) is 11.1 Å². The number of hydrogen-bond donors (Lipinski definition) is 4. The van der Waals surface area contributed by atoms with Gasteiger partial charge in [-0.25, -0.2) is 4.79 Å². The van der Waals surface area contributed by atoms with E-state index in [2.05, 4.69) is 22.9 Å². The zero-order valence-electron chi connectivity index (χ0n) is 19.5. The van der Waals surface area contributed by atoms with Crippen LogP contribution in [0.2, 0.25) is 0 Å². The van der Waals surface area contributed by atoms with Crippen molar-refractivity contribution < 1.29 is 19.5 Å². The van der Waals surface area contributed by atoms with E-state index in [0.717, 1.165) is 28.2 Å². The van der Waals surface area contributed by atoms with Crippen LogP contribution in [0.5, 0.6) is 0 Å². The maximum Gasteiger partial charge on any atom is 0.326 e. The summed E-state index contributed by atoms with van der Waals surface area (Å²) in [7, 11) is 0. The molecule has 0 saturated heterocycles. The van der Waals surface area contributed by atoms with Crippen LogP contribution in [-0.2, 0) is 20.8 Å².